The largest absolute Gasteiger partial charge is 0.494 e. The highest BCUT2D eigenvalue weighted by atomic mass is 35.5. The summed E-state index contributed by atoms with van der Waals surface area (Å²) in [7, 11) is -2.67. The van der Waals surface area contributed by atoms with Gasteiger partial charge < -0.3 is 29.7 Å². The molecule has 2 saturated carbocycles. The van der Waals surface area contributed by atoms with Crippen LogP contribution in [0.15, 0.2) is 24.4 Å². The lowest BCUT2D eigenvalue weighted by Crippen LogP contribution is -2.60. The van der Waals surface area contributed by atoms with Gasteiger partial charge >= 0.3 is 6.09 Å². The van der Waals surface area contributed by atoms with Crippen LogP contribution in [0.4, 0.5) is 13.6 Å². The number of alkyl halides is 2. The molecule has 286 valence electrons. The summed E-state index contributed by atoms with van der Waals surface area (Å²) >= 11 is 6.28. The van der Waals surface area contributed by atoms with E-state index in [0.29, 0.717) is 34.4 Å². The number of benzene rings is 1. The molecule has 4 amide bonds. The average Bonchev–Trinajstić information content (AvgIpc) is 3.95. The zero-order chi connectivity index (χ0) is 38.6. The van der Waals surface area contributed by atoms with Gasteiger partial charge in [0.25, 0.3) is 5.91 Å². The topological polar surface area (TPSA) is 182 Å². The van der Waals surface area contributed by atoms with E-state index < -0.39 is 92.6 Å². The van der Waals surface area contributed by atoms with Crippen LogP contribution in [-0.2, 0) is 29.1 Å². The number of nitrogens with zero attached hydrogens (tertiary/aromatic N) is 2. The van der Waals surface area contributed by atoms with Crippen molar-refractivity contribution in [1.29, 1.82) is 0 Å². The first kappa shape index (κ1) is 39.2. The van der Waals surface area contributed by atoms with Gasteiger partial charge in [-0.2, -0.15) is 0 Å². The summed E-state index contributed by atoms with van der Waals surface area (Å²) in [5.41, 5.74) is -4.05. The molecule has 5 atom stereocenters. The Morgan fingerprint density at radius 1 is 1.08 bits per heavy atom. The lowest BCUT2D eigenvalue weighted by molar-refractivity contribution is -0.143. The molecule has 3 aliphatic rings. The summed E-state index contributed by atoms with van der Waals surface area (Å²) in [5, 5.41) is 5.64. The van der Waals surface area contributed by atoms with Gasteiger partial charge in [0.15, 0.2) is 0 Å². The maximum Gasteiger partial charge on any atom is 0.408 e. The van der Waals surface area contributed by atoms with Gasteiger partial charge in [-0.05, 0) is 63.6 Å². The summed E-state index contributed by atoms with van der Waals surface area (Å²) in [6, 6.07) is 2.33. The fourth-order valence-corrected chi connectivity index (χ4v) is 7.77. The van der Waals surface area contributed by atoms with Crippen molar-refractivity contribution in [1.82, 2.24) is 25.2 Å². The molecular formula is C34H44ClF2N5O9S. The first-order chi connectivity index (χ1) is 24.1. The number of fused-ring (bicyclic) bond motifs is 1. The Balaban J connectivity index is 1.47. The van der Waals surface area contributed by atoms with Crippen LogP contribution in [0.2, 0.25) is 5.02 Å². The predicted molar refractivity (Wildman–Crippen MR) is 186 cm³/mol. The van der Waals surface area contributed by atoms with Crippen LogP contribution in [0.1, 0.15) is 67.2 Å². The molecule has 3 fully saturated rings. The molecule has 1 aromatic heterocycles. The highest BCUT2D eigenvalue weighted by Gasteiger charge is 2.67. The van der Waals surface area contributed by atoms with E-state index in [0.717, 1.165) is 4.90 Å². The molecule has 52 heavy (non-hydrogen) atoms. The standard InChI is InChI=1S/C34H44ClF2N5O9S/c1-32(2,3)25(39-31(46)51-33(4,5)6)29(44)42-16-18(50-28-21-12-17(35)8-11-20(21)24(49-7)15-38-28)13-23(42)27(43)40-34(14-22(34)26(36)37)30(45)41-52(47,48)19-9-10-19/h8,11-12,15,18-19,22-23,25-26H,9-10,13-14,16H2,1-7H3,(H,39,46)(H,40,43)(H,41,45)/t18-,22+,23+,25-,34-/m1/s1. The molecule has 14 nitrogen and oxygen atoms in total. The molecule has 1 saturated heterocycles. The van der Waals surface area contributed by atoms with Gasteiger partial charge in [-0.25, -0.2) is 27.0 Å². The number of halogens is 3. The van der Waals surface area contributed by atoms with E-state index in [4.69, 9.17) is 25.8 Å². The van der Waals surface area contributed by atoms with Crippen molar-refractivity contribution < 1.29 is 50.6 Å². The van der Waals surface area contributed by atoms with E-state index in [1.807, 2.05) is 4.72 Å². The highest BCUT2D eigenvalue weighted by Crippen LogP contribution is 2.48. The van der Waals surface area contributed by atoms with Gasteiger partial charge in [-0.15, -0.1) is 0 Å². The molecule has 0 bridgehead atoms. The Morgan fingerprint density at radius 2 is 1.75 bits per heavy atom. The monoisotopic (exact) mass is 771 g/mol. The number of sulfonamides is 1. The van der Waals surface area contributed by atoms with Gasteiger partial charge in [0, 0.05) is 22.2 Å². The number of alkyl carbamates (subject to hydrolysis) is 1. The average molecular weight is 772 g/mol. The zero-order valence-corrected chi connectivity index (χ0v) is 31.5. The van der Waals surface area contributed by atoms with Gasteiger partial charge in [0.1, 0.15) is 35.1 Å². The van der Waals surface area contributed by atoms with Crippen molar-refractivity contribution in [3.63, 3.8) is 0 Å². The number of likely N-dealkylation sites (tertiary alicyclic amines) is 1. The SMILES string of the molecule is COc1cnc(O[C@@H]2C[C@@H](C(=O)N[C@]3(C(=O)NS(=O)(=O)C4CC4)C[C@H]3C(F)F)N(C(=O)[C@@H](NC(=O)OC(C)(C)C)C(C)(C)C)C2)c2cc(Cl)ccc12. The Hall–Kier alpha value is -3.99. The Bertz CT molecular complexity index is 1870. The molecule has 1 aliphatic heterocycles. The summed E-state index contributed by atoms with van der Waals surface area (Å²) in [5.74, 6) is -4.09. The van der Waals surface area contributed by atoms with Gasteiger partial charge in [-0.1, -0.05) is 32.4 Å². The number of carbonyl (C=O) groups is 4. The van der Waals surface area contributed by atoms with Gasteiger partial charge in [0.05, 0.1) is 31.0 Å². The Labute approximate surface area is 305 Å². The fourth-order valence-electron chi connectivity index (χ4n) is 6.23. The van der Waals surface area contributed by atoms with Crippen LogP contribution in [0, 0.1) is 11.3 Å². The number of aromatic nitrogens is 1. The van der Waals surface area contributed by atoms with Crippen LogP contribution >= 0.6 is 11.6 Å². The number of amides is 4. The van der Waals surface area contributed by atoms with E-state index in [1.54, 1.807) is 59.7 Å². The number of carbonyl (C=O) groups excluding carboxylic acids is 4. The van der Waals surface area contributed by atoms with Crippen molar-refractivity contribution >= 4 is 56.2 Å². The molecule has 1 aromatic carbocycles. The number of ether oxygens (including phenoxy) is 3. The molecule has 5 rings (SSSR count). The van der Waals surface area contributed by atoms with Crippen LogP contribution in [0.25, 0.3) is 10.8 Å². The predicted octanol–water partition coefficient (Wildman–Crippen LogP) is 3.93. The van der Waals surface area contributed by atoms with Gasteiger partial charge in [-0.3, -0.25) is 19.1 Å². The Kier molecular flexibility index (Phi) is 10.6. The van der Waals surface area contributed by atoms with Crippen LogP contribution in [0.5, 0.6) is 11.6 Å². The van der Waals surface area contributed by atoms with E-state index in [9.17, 15) is 36.4 Å². The molecule has 0 unspecified atom stereocenters. The quantitative estimate of drug-likeness (QED) is 0.303. The molecule has 0 radical (unpaired) electrons. The maximum absolute atomic E-state index is 14.4. The van der Waals surface area contributed by atoms with E-state index in [-0.39, 0.29) is 18.8 Å². The summed E-state index contributed by atoms with van der Waals surface area (Å²) < 4.78 is 72.3. The van der Waals surface area contributed by atoms with E-state index in [2.05, 4.69) is 15.6 Å². The lowest BCUT2D eigenvalue weighted by Gasteiger charge is -2.36. The first-order valence-corrected chi connectivity index (χ1v) is 18.7. The van der Waals surface area contributed by atoms with E-state index in [1.165, 1.54) is 13.3 Å². The number of nitrogens with one attached hydrogen (secondary N) is 3. The molecule has 0 spiro atoms. The van der Waals surface area contributed by atoms with Crippen LogP contribution in [0.3, 0.4) is 0 Å². The minimum absolute atomic E-state index is 0.108. The molecule has 3 N–H and O–H groups in total. The number of rotatable bonds is 11. The molecule has 18 heteroatoms. The molecular weight excluding hydrogens is 728 g/mol. The number of pyridine rings is 1. The highest BCUT2D eigenvalue weighted by molar-refractivity contribution is 7.91. The summed E-state index contributed by atoms with van der Waals surface area (Å²) in [4.78, 5) is 60.2. The van der Waals surface area contributed by atoms with Gasteiger partial charge in [0.2, 0.25) is 34.1 Å². The van der Waals surface area contributed by atoms with Crippen molar-refractivity contribution in [3.05, 3.63) is 29.4 Å². The smallest absolute Gasteiger partial charge is 0.408 e. The molecule has 2 heterocycles. The fraction of sp³-hybridized carbons (Fsp3) is 0.618. The second kappa shape index (κ2) is 14.1. The number of hydrogen-bond acceptors (Lipinski definition) is 10. The summed E-state index contributed by atoms with van der Waals surface area (Å²) in [6.45, 7) is 9.82. The van der Waals surface area contributed by atoms with Crippen molar-refractivity contribution in [3.8, 4) is 11.6 Å². The number of hydrogen-bond donors (Lipinski definition) is 3. The van der Waals surface area contributed by atoms with Crippen molar-refractivity contribution in [2.24, 2.45) is 11.3 Å². The van der Waals surface area contributed by atoms with Crippen LogP contribution < -0.4 is 24.8 Å². The minimum Gasteiger partial charge on any atom is -0.494 e. The van der Waals surface area contributed by atoms with Crippen LogP contribution in [-0.4, -0.2) is 96.8 Å². The zero-order valence-electron chi connectivity index (χ0n) is 29.9. The third-order valence-corrected chi connectivity index (χ3v) is 11.2. The maximum atomic E-state index is 14.4. The third kappa shape index (κ3) is 8.45. The summed E-state index contributed by atoms with van der Waals surface area (Å²) in [6.07, 6.45) is -3.49. The Morgan fingerprint density at radius 3 is 2.31 bits per heavy atom. The lowest BCUT2D eigenvalue weighted by atomic mass is 9.85. The number of methoxy groups -OCH3 is 1. The second-order valence-corrected chi connectivity index (χ2v) is 17.9. The van der Waals surface area contributed by atoms with Crippen molar-refractivity contribution in [2.45, 2.75) is 108 Å². The first-order valence-electron chi connectivity index (χ1n) is 16.8. The minimum atomic E-state index is -4.14. The second-order valence-electron chi connectivity index (χ2n) is 15.5. The molecule has 2 aromatic rings. The van der Waals surface area contributed by atoms with E-state index >= 15 is 0 Å². The third-order valence-electron chi connectivity index (χ3n) is 9.17. The normalized spacial score (nSPS) is 23.9. The molecule has 2 aliphatic carbocycles. The van der Waals surface area contributed by atoms with Crippen molar-refractivity contribution in [2.75, 3.05) is 13.7 Å².